The maximum absolute atomic E-state index is 11.8. The van der Waals surface area contributed by atoms with Crippen LogP contribution in [0.15, 0.2) is 54.6 Å². The van der Waals surface area contributed by atoms with E-state index in [0.717, 1.165) is 5.56 Å². The molecule has 0 heterocycles. The van der Waals surface area contributed by atoms with Crippen molar-refractivity contribution in [2.75, 3.05) is 12.3 Å². The minimum Gasteiger partial charge on any atom is -0.491 e. The Hall–Kier alpha value is -2.49. The molecule has 0 aliphatic rings. The van der Waals surface area contributed by atoms with Gasteiger partial charge in [0.2, 0.25) is 0 Å². The zero-order valence-electron chi connectivity index (χ0n) is 12.0. The molecule has 1 unspecified atom stereocenters. The molecule has 0 saturated carbocycles. The van der Waals surface area contributed by atoms with Gasteiger partial charge in [0.15, 0.2) is 0 Å². The van der Waals surface area contributed by atoms with Crippen LogP contribution in [0.5, 0.6) is 5.75 Å². The van der Waals surface area contributed by atoms with Crippen molar-refractivity contribution in [2.24, 2.45) is 0 Å². The van der Waals surface area contributed by atoms with Crippen LogP contribution in [-0.4, -0.2) is 12.6 Å². The van der Waals surface area contributed by atoms with Crippen LogP contribution in [0, 0.1) is 0 Å². The van der Waals surface area contributed by atoms with E-state index >= 15 is 0 Å². The maximum atomic E-state index is 11.8. The van der Waals surface area contributed by atoms with Crippen molar-refractivity contribution in [2.45, 2.75) is 19.4 Å². The second-order valence-corrected chi connectivity index (χ2v) is 4.68. The number of benzene rings is 2. The van der Waals surface area contributed by atoms with Crippen molar-refractivity contribution in [1.29, 1.82) is 0 Å². The number of rotatable bonds is 6. The molecule has 0 saturated heterocycles. The van der Waals surface area contributed by atoms with E-state index in [2.05, 4.69) is 0 Å². The highest BCUT2D eigenvalue weighted by Crippen LogP contribution is 2.20. The number of hydrogen-bond acceptors (Lipinski definition) is 4. The van der Waals surface area contributed by atoms with E-state index in [1.807, 2.05) is 49.4 Å². The summed E-state index contributed by atoms with van der Waals surface area (Å²) >= 11 is 0. The van der Waals surface area contributed by atoms with Gasteiger partial charge in [-0.25, -0.2) is 0 Å². The van der Waals surface area contributed by atoms with Crippen LogP contribution >= 0.6 is 0 Å². The van der Waals surface area contributed by atoms with Gasteiger partial charge in [0.1, 0.15) is 11.9 Å². The predicted molar refractivity (Wildman–Crippen MR) is 81.9 cm³/mol. The predicted octanol–water partition coefficient (Wildman–Crippen LogP) is 3.34. The molecule has 0 spiro atoms. The van der Waals surface area contributed by atoms with Crippen LogP contribution in [0.4, 0.5) is 5.69 Å². The molecular weight excluding hydrogens is 266 g/mol. The van der Waals surface area contributed by atoms with Crippen molar-refractivity contribution in [3.63, 3.8) is 0 Å². The Labute approximate surface area is 124 Å². The lowest BCUT2D eigenvalue weighted by Gasteiger charge is -2.14. The van der Waals surface area contributed by atoms with Crippen LogP contribution in [0.25, 0.3) is 0 Å². The summed E-state index contributed by atoms with van der Waals surface area (Å²) in [6.45, 7) is 2.10. The van der Waals surface area contributed by atoms with Gasteiger partial charge in [0.25, 0.3) is 0 Å². The summed E-state index contributed by atoms with van der Waals surface area (Å²) in [5.74, 6) is 0.294. The van der Waals surface area contributed by atoms with E-state index in [-0.39, 0.29) is 25.1 Å². The number of ether oxygens (including phenoxy) is 2. The molecule has 1 atom stereocenters. The number of carbonyl (C=O) groups excluding carboxylic acids is 1. The fourth-order valence-corrected chi connectivity index (χ4v) is 1.90. The quantitative estimate of drug-likeness (QED) is 0.653. The Morgan fingerprint density at radius 3 is 2.48 bits per heavy atom. The number of nitrogen functional groups attached to an aromatic ring is 1. The molecule has 2 aromatic carbocycles. The van der Waals surface area contributed by atoms with Gasteiger partial charge in [-0.15, -0.1) is 0 Å². The van der Waals surface area contributed by atoms with Crippen LogP contribution in [-0.2, 0) is 9.53 Å². The van der Waals surface area contributed by atoms with E-state index in [1.54, 1.807) is 12.1 Å². The van der Waals surface area contributed by atoms with Crippen molar-refractivity contribution in [3.05, 3.63) is 60.2 Å². The largest absolute Gasteiger partial charge is 0.491 e. The molecule has 0 radical (unpaired) electrons. The first-order chi connectivity index (χ1) is 10.2. The smallest absolute Gasteiger partial charge is 0.309 e. The lowest BCUT2D eigenvalue weighted by Crippen LogP contribution is -2.12. The van der Waals surface area contributed by atoms with Gasteiger partial charge in [-0.2, -0.15) is 0 Å². The third kappa shape index (κ3) is 4.53. The van der Waals surface area contributed by atoms with Gasteiger partial charge in [-0.05, 0) is 24.6 Å². The Bertz CT molecular complexity index is 584. The molecule has 0 fully saturated rings. The molecule has 0 aliphatic heterocycles. The Balaban J connectivity index is 1.76. The molecule has 110 valence electrons. The molecule has 4 heteroatoms. The van der Waals surface area contributed by atoms with Gasteiger partial charge in [-0.3, -0.25) is 4.79 Å². The molecular formula is C17H19NO3. The van der Waals surface area contributed by atoms with Crippen molar-refractivity contribution in [3.8, 4) is 5.75 Å². The highest BCUT2D eigenvalue weighted by molar-refractivity contribution is 5.69. The second-order valence-electron chi connectivity index (χ2n) is 4.68. The fourth-order valence-electron chi connectivity index (χ4n) is 1.90. The summed E-state index contributed by atoms with van der Waals surface area (Å²) in [4.78, 5) is 11.8. The van der Waals surface area contributed by atoms with E-state index < -0.39 is 0 Å². The molecule has 21 heavy (non-hydrogen) atoms. The van der Waals surface area contributed by atoms with Gasteiger partial charge in [0.05, 0.1) is 18.7 Å². The Kier molecular flexibility index (Phi) is 5.21. The van der Waals surface area contributed by atoms with Crippen LogP contribution < -0.4 is 10.5 Å². The second kappa shape index (κ2) is 7.33. The first kappa shape index (κ1) is 14.9. The average Bonchev–Trinajstić information content (AvgIpc) is 2.50. The van der Waals surface area contributed by atoms with Crippen LogP contribution in [0.2, 0.25) is 0 Å². The number of hydrogen-bond donors (Lipinski definition) is 1. The van der Waals surface area contributed by atoms with Crippen molar-refractivity contribution in [1.82, 2.24) is 0 Å². The zero-order valence-corrected chi connectivity index (χ0v) is 12.0. The third-order valence-corrected chi connectivity index (χ3v) is 3.06. The minimum atomic E-state index is -0.291. The Morgan fingerprint density at radius 1 is 1.10 bits per heavy atom. The fraction of sp³-hybridized carbons (Fsp3) is 0.235. The molecule has 0 bridgehead atoms. The van der Waals surface area contributed by atoms with Crippen LogP contribution in [0.1, 0.15) is 25.0 Å². The van der Waals surface area contributed by atoms with Gasteiger partial charge in [-0.1, -0.05) is 42.5 Å². The number of nitrogens with two attached hydrogens (primary N) is 1. The van der Waals surface area contributed by atoms with Crippen molar-refractivity contribution < 1.29 is 14.3 Å². The first-order valence-electron chi connectivity index (χ1n) is 6.88. The number of carbonyl (C=O) groups is 1. The number of esters is 1. The molecule has 0 aliphatic carbocycles. The summed E-state index contributed by atoms with van der Waals surface area (Å²) in [5.41, 5.74) is 7.28. The van der Waals surface area contributed by atoms with Gasteiger partial charge < -0.3 is 15.2 Å². The third-order valence-electron chi connectivity index (χ3n) is 3.06. The normalized spacial score (nSPS) is 11.7. The molecule has 4 nitrogen and oxygen atoms in total. The van der Waals surface area contributed by atoms with E-state index in [9.17, 15) is 4.79 Å². The zero-order chi connectivity index (χ0) is 15.1. The monoisotopic (exact) mass is 285 g/mol. The van der Waals surface area contributed by atoms with Crippen molar-refractivity contribution >= 4 is 11.7 Å². The number of anilines is 1. The van der Waals surface area contributed by atoms with E-state index in [0.29, 0.717) is 11.4 Å². The van der Waals surface area contributed by atoms with Gasteiger partial charge >= 0.3 is 5.97 Å². The van der Waals surface area contributed by atoms with E-state index in [1.165, 1.54) is 0 Å². The molecule has 0 aromatic heterocycles. The Morgan fingerprint density at radius 2 is 1.76 bits per heavy atom. The molecule has 2 aromatic rings. The highest BCUT2D eigenvalue weighted by atomic mass is 16.5. The lowest BCUT2D eigenvalue weighted by molar-refractivity contribution is -0.149. The number of para-hydroxylation sites is 2. The first-order valence-corrected chi connectivity index (χ1v) is 6.88. The van der Waals surface area contributed by atoms with Crippen LogP contribution in [0.3, 0.4) is 0 Å². The summed E-state index contributed by atoms with van der Waals surface area (Å²) in [6, 6.07) is 16.8. The topological polar surface area (TPSA) is 61.5 Å². The summed E-state index contributed by atoms with van der Waals surface area (Å²) in [5, 5.41) is 0. The standard InChI is InChI=1S/C17H19NO3/c1-13(14-7-3-2-4-8-14)21-17(19)11-12-20-16-10-6-5-9-15(16)18/h2-10,13H,11-12,18H2,1H3. The average molecular weight is 285 g/mol. The summed E-state index contributed by atoms with van der Waals surface area (Å²) in [7, 11) is 0. The molecule has 2 rings (SSSR count). The lowest BCUT2D eigenvalue weighted by atomic mass is 10.1. The highest BCUT2D eigenvalue weighted by Gasteiger charge is 2.11. The maximum Gasteiger partial charge on any atom is 0.309 e. The molecule has 0 amide bonds. The van der Waals surface area contributed by atoms with E-state index in [4.69, 9.17) is 15.2 Å². The van der Waals surface area contributed by atoms with Gasteiger partial charge in [0, 0.05) is 0 Å². The minimum absolute atomic E-state index is 0.186. The SMILES string of the molecule is CC(OC(=O)CCOc1ccccc1N)c1ccccc1. The summed E-state index contributed by atoms with van der Waals surface area (Å²) in [6.07, 6.45) is -0.0774. The molecule has 2 N–H and O–H groups in total. The summed E-state index contributed by atoms with van der Waals surface area (Å²) < 4.78 is 10.8.